The number of carbonyl (C=O) groups excluding carboxylic acids is 2. The second-order valence-electron chi connectivity index (χ2n) is 7.24. The molecule has 2 heterocycles. The van der Waals surface area contributed by atoms with Crippen LogP contribution in [0.3, 0.4) is 0 Å². The molecule has 30 heavy (non-hydrogen) atoms. The third kappa shape index (κ3) is 4.02. The Labute approximate surface area is 183 Å². The largest absolute Gasteiger partial charge is 0.506 e. The molecule has 8 heteroatoms. The fraction of sp³-hybridized carbons (Fsp3) is 0.318. The summed E-state index contributed by atoms with van der Waals surface area (Å²) in [6.07, 6.45) is 5.55. The molecule has 6 nitrogen and oxygen atoms in total. The summed E-state index contributed by atoms with van der Waals surface area (Å²) in [5.74, 6) is -0.547. The monoisotopic (exact) mass is 442 g/mol. The van der Waals surface area contributed by atoms with E-state index in [1.54, 1.807) is 13.0 Å². The standard InChI is InChI=1S/C22H22N2O4S2/c1-12(23-24-21(26)17-8-9-18(30-17)22(27)28-2)16-11-29-20(19(16)25)15-7-6-13-4-3-5-14(13)10-15/h6-8,10-11,18,25H,3-5,9H2,1-2H3,(H,24,26)/b23-12+. The summed E-state index contributed by atoms with van der Waals surface area (Å²) in [7, 11) is 1.33. The molecule has 0 spiro atoms. The second-order valence-corrected chi connectivity index (χ2v) is 9.36. The van der Waals surface area contributed by atoms with Gasteiger partial charge < -0.3 is 9.84 Å². The molecule has 0 bridgehead atoms. The van der Waals surface area contributed by atoms with Crippen molar-refractivity contribution in [3.05, 3.63) is 51.3 Å². The number of amides is 1. The van der Waals surface area contributed by atoms with Gasteiger partial charge in [0.2, 0.25) is 0 Å². The Morgan fingerprint density at radius 3 is 2.87 bits per heavy atom. The zero-order valence-corrected chi connectivity index (χ0v) is 18.4. The van der Waals surface area contributed by atoms with E-state index in [0.29, 0.717) is 22.6 Å². The number of carbonyl (C=O) groups is 2. The number of thioether (sulfide) groups is 1. The Morgan fingerprint density at radius 2 is 2.07 bits per heavy atom. The van der Waals surface area contributed by atoms with E-state index in [9.17, 15) is 14.7 Å². The van der Waals surface area contributed by atoms with Gasteiger partial charge in [0.15, 0.2) is 0 Å². The summed E-state index contributed by atoms with van der Waals surface area (Å²) >= 11 is 2.63. The van der Waals surface area contributed by atoms with Crippen LogP contribution in [0.25, 0.3) is 10.4 Å². The van der Waals surface area contributed by atoms with Crippen LogP contribution in [-0.4, -0.2) is 35.1 Å². The first kappa shape index (κ1) is 20.7. The Morgan fingerprint density at radius 1 is 1.27 bits per heavy atom. The Bertz CT molecular complexity index is 1070. The van der Waals surface area contributed by atoms with Crippen LogP contribution >= 0.6 is 23.1 Å². The van der Waals surface area contributed by atoms with E-state index in [-0.39, 0.29) is 17.6 Å². The first-order valence-corrected chi connectivity index (χ1v) is 11.5. The zero-order valence-electron chi connectivity index (χ0n) is 16.7. The summed E-state index contributed by atoms with van der Waals surface area (Å²) in [5.41, 5.74) is 7.37. The molecule has 0 fully saturated rings. The summed E-state index contributed by atoms with van der Waals surface area (Å²) in [6, 6.07) is 6.36. The molecule has 0 saturated heterocycles. The van der Waals surface area contributed by atoms with Crippen molar-refractivity contribution in [2.75, 3.05) is 7.11 Å². The fourth-order valence-corrected chi connectivity index (χ4v) is 5.70. The number of ether oxygens (including phenoxy) is 1. The molecule has 1 amide bonds. The normalized spacial score (nSPS) is 18.1. The van der Waals surface area contributed by atoms with Crippen LogP contribution in [0, 0.1) is 0 Å². The Kier molecular flexibility index (Phi) is 5.97. The van der Waals surface area contributed by atoms with E-state index in [2.05, 4.69) is 28.7 Å². The van der Waals surface area contributed by atoms with Gasteiger partial charge in [0.1, 0.15) is 11.0 Å². The van der Waals surface area contributed by atoms with Crippen molar-refractivity contribution in [3.8, 4) is 16.2 Å². The third-order valence-corrected chi connectivity index (χ3v) is 7.61. The van der Waals surface area contributed by atoms with E-state index in [1.165, 1.54) is 47.8 Å². The number of allylic oxidation sites excluding steroid dienone is 1. The highest BCUT2D eigenvalue weighted by Gasteiger charge is 2.29. The average molecular weight is 443 g/mol. The van der Waals surface area contributed by atoms with E-state index in [0.717, 1.165) is 23.3 Å². The number of aryl methyl sites for hydroxylation is 2. The minimum atomic E-state index is -0.392. The van der Waals surface area contributed by atoms with Crippen molar-refractivity contribution in [3.63, 3.8) is 0 Å². The van der Waals surface area contributed by atoms with Gasteiger partial charge in [-0.25, -0.2) is 5.43 Å². The minimum absolute atomic E-state index is 0.175. The lowest BCUT2D eigenvalue weighted by Crippen LogP contribution is -2.21. The molecule has 0 saturated carbocycles. The maximum absolute atomic E-state index is 12.3. The summed E-state index contributed by atoms with van der Waals surface area (Å²) in [4.78, 5) is 25.2. The fourth-order valence-electron chi connectivity index (χ4n) is 3.66. The van der Waals surface area contributed by atoms with Gasteiger partial charge in [-0.3, -0.25) is 9.59 Å². The molecule has 1 atom stereocenters. The van der Waals surface area contributed by atoms with Crippen molar-refractivity contribution in [2.45, 2.75) is 37.9 Å². The van der Waals surface area contributed by atoms with Gasteiger partial charge in [-0.1, -0.05) is 18.2 Å². The highest BCUT2D eigenvalue weighted by Crippen LogP contribution is 2.40. The lowest BCUT2D eigenvalue weighted by atomic mass is 10.0. The molecule has 1 aliphatic heterocycles. The number of hydrazone groups is 1. The first-order chi connectivity index (χ1) is 14.5. The highest BCUT2D eigenvalue weighted by molar-refractivity contribution is 8.05. The van der Waals surface area contributed by atoms with Crippen molar-refractivity contribution in [1.29, 1.82) is 0 Å². The number of hydrogen-bond acceptors (Lipinski definition) is 7. The van der Waals surface area contributed by atoms with E-state index in [1.807, 2.05) is 5.38 Å². The number of thiophene rings is 1. The van der Waals surface area contributed by atoms with Crippen LogP contribution in [-0.2, 0) is 27.2 Å². The van der Waals surface area contributed by atoms with Crippen LogP contribution in [0.2, 0.25) is 0 Å². The first-order valence-electron chi connectivity index (χ1n) is 9.70. The lowest BCUT2D eigenvalue weighted by molar-refractivity contribution is -0.139. The van der Waals surface area contributed by atoms with E-state index < -0.39 is 5.25 Å². The summed E-state index contributed by atoms with van der Waals surface area (Å²) < 4.78 is 4.72. The molecule has 156 valence electrons. The van der Waals surface area contributed by atoms with Gasteiger partial charge in [-0.15, -0.1) is 23.1 Å². The highest BCUT2D eigenvalue weighted by atomic mass is 32.2. The van der Waals surface area contributed by atoms with Crippen LogP contribution in [0.1, 0.15) is 36.5 Å². The molecular weight excluding hydrogens is 420 g/mol. The SMILES string of the molecule is COC(=O)C1CC=C(C(=O)N/N=C(\C)c2csc(-c3ccc4c(c3)CCC4)c2O)S1. The third-order valence-electron chi connectivity index (χ3n) is 5.31. The predicted octanol–water partition coefficient (Wildman–Crippen LogP) is 4.01. The van der Waals surface area contributed by atoms with Crippen LogP contribution in [0.15, 0.2) is 39.7 Å². The molecule has 1 unspecified atom stereocenters. The minimum Gasteiger partial charge on any atom is -0.506 e. The summed E-state index contributed by atoms with van der Waals surface area (Å²) in [5, 5.41) is 16.4. The van der Waals surface area contributed by atoms with Crippen molar-refractivity contribution >= 4 is 40.7 Å². The van der Waals surface area contributed by atoms with Crippen molar-refractivity contribution < 1.29 is 19.4 Å². The number of rotatable bonds is 5. The van der Waals surface area contributed by atoms with Gasteiger partial charge >= 0.3 is 5.97 Å². The topological polar surface area (TPSA) is 88.0 Å². The zero-order chi connectivity index (χ0) is 21.3. The Balaban J connectivity index is 1.45. The van der Waals surface area contributed by atoms with Crippen LogP contribution in [0.4, 0.5) is 0 Å². The smallest absolute Gasteiger partial charge is 0.319 e. The number of esters is 1. The van der Waals surface area contributed by atoms with Crippen LogP contribution in [0.5, 0.6) is 5.75 Å². The molecule has 4 rings (SSSR count). The molecule has 0 radical (unpaired) electrons. The quantitative estimate of drug-likeness (QED) is 0.415. The number of aromatic hydroxyl groups is 1. The predicted molar refractivity (Wildman–Crippen MR) is 120 cm³/mol. The van der Waals surface area contributed by atoms with Gasteiger partial charge in [-0.2, -0.15) is 5.10 Å². The Hall–Kier alpha value is -2.58. The van der Waals surface area contributed by atoms with Crippen molar-refractivity contribution in [1.82, 2.24) is 5.43 Å². The number of methoxy groups -OCH3 is 1. The molecular formula is C22H22N2O4S2. The number of fused-ring (bicyclic) bond motifs is 1. The van der Waals surface area contributed by atoms with Gasteiger partial charge in [0.05, 0.1) is 28.2 Å². The number of hydrogen-bond donors (Lipinski definition) is 2. The molecule has 1 aromatic carbocycles. The van der Waals surface area contributed by atoms with E-state index >= 15 is 0 Å². The molecule has 2 N–H and O–H groups in total. The summed E-state index contributed by atoms with van der Waals surface area (Å²) in [6.45, 7) is 1.74. The maximum Gasteiger partial charge on any atom is 0.319 e. The van der Waals surface area contributed by atoms with Gasteiger partial charge in [0.25, 0.3) is 5.91 Å². The number of nitrogens with zero attached hydrogens (tertiary/aromatic N) is 1. The van der Waals surface area contributed by atoms with Crippen molar-refractivity contribution in [2.24, 2.45) is 5.10 Å². The van der Waals surface area contributed by atoms with Gasteiger partial charge in [-0.05, 0) is 55.4 Å². The van der Waals surface area contributed by atoms with Crippen LogP contribution < -0.4 is 5.43 Å². The lowest BCUT2D eigenvalue weighted by Gasteiger charge is -2.07. The second kappa shape index (κ2) is 8.65. The molecule has 1 aliphatic carbocycles. The van der Waals surface area contributed by atoms with Gasteiger partial charge in [0, 0.05) is 5.38 Å². The maximum atomic E-state index is 12.3. The number of nitrogens with one attached hydrogen (secondary N) is 1. The average Bonchev–Trinajstić information content (AvgIpc) is 3.49. The molecule has 2 aliphatic rings. The van der Waals surface area contributed by atoms with E-state index in [4.69, 9.17) is 4.74 Å². The number of benzene rings is 1. The molecule has 1 aromatic heterocycles. The molecule has 2 aromatic rings.